The monoisotopic (exact) mass is 365 g/mol. The zero-order chi connectivity index (χ0) is 19.9. The number of nitro benzene ring substituents is 1. The van der Waals surface area contributed by atoms with Gasteiger partial charge in [0.2, 0.25) is 0 Å². The SMILES string of the molecule is Cc1c(O)c(C)c2c(N)cc(N=Nc3cccc([N+](=O)[O-])c3)c(C)c2c1N. The number of nitrogens with zero attached hydrogens (tertiary/aromatic N) is 3. The Labute approximate surface area is 155 Å². The molecule has 0 heterocycles. The number of aryl methyl sites for hydroxylation is 2. The summed E-state index contributed by atoms with van der Waals surface area (Å²) in [6.45, 7) is 5.37. The lowest BCUT2D eigenvalue weighted by Crippen LogP contribution is -1.99. The Bertz CT molecular complexity index is 1120. The lowest BCUT2D eigenvalue weighted by molar-refractivity contribution is -0.384. The smallest absolute Gasteiger partial charge is 0.271 e. The molecule has 0 saturated carbocycles. The number of nitro groups is 1. The lowest BCUT2D eigenvalue weighted by Gasteiger charge is -2.17. The molecule has 0 atom stereocenters. The molecule has 0 radical (unpaired) electrons. The van der Waals surface area contributed by atoms with Crippen LogP contribution in [0.5, 0.6) is 5.75 Å². The highest BCUT2D eigenvalue weighted by Gasteiger charge is 2.18. The standard InChI is InChI=1S/C19H19N5O3/c1-9-15(23-22-12-5-4-6-13(7-12)24(26)27)8-14(20)16-10(2)19(25)11(3)18(21)17(9)16/h4-8,25H,20-21H2,1-3H3. The number of non-ortho nitro benzene ring substituents is 1. The van der Waals surface area contributed by atoms with Crippen LogP contribution in [0.4, 0.5) is 28.4 Å². The van der Waals surface area contributed by atoms with E-state index in [0.29, 0.717) is 39.3 Å². The fourth-order valence-corrected chi connectivity index (χ4v) is 3.13. The van der Waals surface area contributed by atoms with Crippen LogP contribution in [-0.4, -0.2) is 10.0 Å². The second-order valence-corrected chi connectivity index (χ2v) is 6.35. The van der Waals surface area contributed by atoms with Crippen molar-refractivity contribution in [2.45, 2.75) is 20.8 Å². The van der Waals surface area contributed by atoms with Gasteiger partial charge in [0.15, 0.2) is 0 Å². The third-order valence-corrected chi connectivity index (χ3v) is 4.66. The predicted octanol–water partition coefficient (Wildman–Crippen LogP) is 4.96. The molecule has 138 valence electrons. The van der Waals surface area contributed by atoms with Crippen molar-refractivity contribution in [1.82, 2.24) is 0 Å². The average Bonchev–Trinajstić information content (AvgIpc) is 2.64. The van der Waals surface area contributed by atoms with E-state index in [4.69, 9.17) is 11.5 Å². The zero-order valence-electron chi connectivity index (χ0n) is 15.1. The van der Waals surface area contributed by atoms with Crippen LogP contribution in [0.25, 0.3) is 10.8 Å². The Kier molecular flexibility index (Phi) is 4.40. The molecule has 0 spiro atoms. The molecule has 0 aliphatic rings. The maximum atomic E-state index is 10.9. The van der Waals surface area contributed by atoms with Crippen molar-refractivity contribution in [2.75, 3.05) is 11.5 Å². The maximum absolute atomic E-state index is 10.9. The van der Waals surface area contributed by atoms with Gasteiger partial charge in [0.05, 0.1) is 16.3 Å². The summed E-state index contributed by atoms with van der Waals surface area (Å²) in [5, 5.41) is 30.9. The highest BCUT2D eigenvalue weighted by Crippen LogP contribution is 2.43. The molecule has 0 aliphatic carbocycles. The largest absolute Gasteiger partial charge is 0.507 e. The number of azo groups is 1. The van der Waals surface area contributed by atoms with Gasteiger partial charge in [-0.25, -0.2) is 0 Å². The second kappa shape index (κ2) is 6.56. The minimum atomic E-state index is -0.489. The lowest BCUT2D eigenvalue weighted by atomic mass is 9.93. The van der Waals surface area contributed by atoms with Crippen LogP contribution in [0.15, 0.2) is 40.6 Å². The molecular weight excluding hydrogens is 346 g/mol. The van der Waals surface area contributed by atoms with Gasteiger partial charge in [-0.3, -0.25) is 10.1 Å². The van der Waals surface area contributed by atoms with Crippen LogP contribution in [0, 0.1) is 30.9 Å². The summed E-state index contributed by atoms with van der Waals surface area (Å²) in [5.41, 5.74) is 16.1. The number of hydrogen-bond acceptors (Lipinski definition) is 7. The minimum absolute atomic E-state index is 0.0628. The Hall–Kier alpha value is -3.68. The van der Waals surface area contributed by atoms with E-state index >= 15 is 0 Å². The van der Waals surface area contributed by atoms with Gasteiger partial charge in [0.25, 0.3) is 5.69 Å². The number of hydrogen-bond donors (Lipinski definition) is 3. The molecule has 0 fully saturated rings. The molecule has 3 aromatic rings. The Balaban J connectivity index is 2.18. The first-order chi connectivity index (χ1) is 12.7. The van der Waals surface area contributed by atoms with Crippen LogP contribution in [0.2, 0.25) is 0 Å². The van der Waals surface area contributed by atoms with Crippen molar-refractivity contribution in [3.05, 3.63) is 57.1 Å². The molecule has 5 N–H and O–H groups in total. The number of rotatable bonds is 3. The summed E-state index contributed by atoms with van der Waals surface area (Å²) in [4.78, 5) is 10.4. The van der Waals surface area contributed by atoms with Crippen molar-refractivity contribution in [2.24, 2.45) is 10.2 Å². The Morgan fingerprint density at radius 2 is 1.70 bits per heavy atom. The average molecular weight is 365 g/mol. The van der Waals surface area contributed by atoms with Crippen LogP contribution in [0.1, 0.15) is 16.7 Å². The van der Waals surface area contributed by atoms with E-state index in [-0.39, 0.29) is 11.4 Å². The van der Waals surface area contributed by atoms with Gasteiger partial charge in [-0.15, -0.1) is 0 Å². The number of nitrogen functional groups attached to an aromatic ring is 2. The molecule has 8 heteroatoms. The van der Waals surface area contributed by atoms with Crippen LogP contribution < -0.4 is 11.5 Å². The highest BCUT2D eigenvalue weighted by molar-refractivity contribution is 6.08. The van der Waals surface area contributed by atoms with E-state index in [2.05, 4.69) is 10.2 Å². The van der Waals surface area contributed by atoms with Gasteiger partial charge < -0.3 is 16.6 Å². The van der Waals surface area contributed by atoms with Crippen molar-refractivity contribution >= 4 is 39.2 Å². The topological polar surface area (TPSA) is 140 Å². The fourth-order valence-electron chi connectivity index (χ4n) is 3.13. The molecule has 0 bridgehead atoms. The molecule has 27 heavy (non-hydrogen) atoms. The second-order valence-electron chi connectivity index (χ2n) is 6.35. The quantitative estimate of drug-likeness (QED) is 0.260. The molecule has 0 saturated heterocycles. The zero-order valence-corrected chi connectivity index (χ0v) is 15.1. The Morgan fingerprint density at radius 1 is 1.00 bits per heavy atom. The molecule has 3 rings (SSSR count). The number of aromatic hydroxyl groups is 1. The normalized spacial score (nSPS) is 11.4. The van der Waals surface area contributed by atoms with Gasteiger partial charge in [-0.05, 0) is 38.5 Å². The van der Waals surface area contributed by atoms with Crippen LogP contribution in [0.3, 0.4) is 0 Å². The molecule has 0 aromatic heterocycles. The summed E-state index contributed by atoms with van der Waals surface area (Å²) >= 11 is 0. The predicted molar refractivity (Wildman–Crippen MR) is 106 cm³/mol. The maximum Gasteiger partial charge on any atom is 0.271 e. The van der Waals surface area contributed by atoms with Crippen molar-refractivity contribution in [3.8, 4) is 5.75 Å². The van der Waals surface area contributed by atoms with Gasteiger partial charge in [0.1, 0.15) is 5.75 Å². The van der Waals surface area contributed by atoms with E-state index < -0.39 is 4.92 Å². The molecule has 8 nitrogen and oxygen atoms in total. The number of nitrogens with two attached hydrogens (primary N) is 2. The van der Waals surface area contributed by atoms with E-state index in [0.717, 1.165) is 10.9 Å². The van der Waals surface area contributed by atoms with Gasteiger partial charge in [0, 0.05) is 45.4 Å². The van der Waals surface area contributed by atoms with E-state index in [1.54, 1.807) is 32.0 Å². The number of benzene rings is 3. The molecule has 0 unspecified atom stereocenters. The van der Waals surface area contributed by atoms with Crippen molar-refractivity contribution in [1.29, 1.82) is 0 Å². The van der Waals surface area contributed by atoms with Gasteiger partial charge in [-0.2, -0.15) is 10.2 Å². The minimum Gasteiger partial charge on any atom is -0.507 e. The summed E-state index contributed by atoms with van der Waals surface area (Å²) in [5.74, 6) is 0.122. The van der Waals surface area contributed by atoms with Crippen molar-refractivity contribution in [3.63, 3.8) is 0 Å². The highest BCUT2D eigenvalue weighted by atomic mass is 16.6. The fraction of sp³-hybridized carbons (Fsp3) is 0.158. The van der Waals surface area contributed by atoms with Crippen LogP contribution >= 0.6 is 0 Å². The summed E-state index contributed by atoms with van der Waals surface area (Å²) in [6, 6.07) is 7.54. The van der Waals surface area contributed by atoms with E-state index in [1.807, 2.05) is 6.92 Å². The number of phenols is 1. The molecule has 3 aromatic carbocycles. The first kappa shape index (κ1) is 18.1. The Morgan fingerprint density at radius 3 is 2.37 bits per heavy atom. The summed E-state index contributed by atoms with van der Waals surface area (Å²) < 4.78 is 0. The van der Waals surface area contributed by atoms with Gasteiger partial charge >= 0.3 is 0 Å². The molecule has 0 aliphatic heterocycles. The van der Waals surface area contributed by atoms with E-state index in [1.165, 1.54) is 12.1 Å². The molecular formula is C19H19N5O3. The summed E-state index contributed by atoms with van der Waals surface area (Å²) in [7, 11) is 0. The summed E-state index contributed by atoms with van der Waals surface area (Å²) in [6.07, 6.45) is 0. The number of phenolic OH excluding ortho intramolecular Hbond substituents is 1. The number of fused-ring (bicyclic) bond motifs is 1. The van der Waals surface area contributed by atoms with Crippen LogP contribution in [-0.2, 0) is 0 Å². The first-order valence-corrected chi connectivity index (χ1v) is 8.19. The molecule has 0 amide bonds. The van der Waals surface area contributed by atoms with E-state index in [9.17, 15) is 15.2 Å². The third kappa shape index (κ3) is 3.01. The third-order valence-electron chi connectivity index (χ3n) is 4.66. The number of anilines is 2. The van der Waals surface area contributed by atoms with Crippen molar-refractivity contribution < 1.29 is 10.0 Å². The van der Waals surface area contributed by atoms with Gasteiger partial charge in [-0.1, -0.05) is 6.07 Å². The first-order valence-electron chi connectivity index (χ1n) is 8.19.